The highest BCUT2D eigenvalue weighted by molar-refractivity contribution is 7.90. The molecule has 0 atom stereocenters. The maximum absolute atomic E-state index is 12.0. The van der Waals surface area contributed by atoms with Gasteiger partial charge in [0, 0.05) is 12.3 Å². The largest absolute Gasteiger partial charge is 0.486 e. The number of benzene rings is 1. The van der Waals surface area contributed by atoms with Crippen LogP contribution in [-0.2, 0) is 21.1 Å². The van der Waals surface area contributed by atoms with Gasteiger partial charge in [0.05, 0.1) is 10.3 Å². The third kappa shape index (κ3) is 3.29. The van der Waals surface area contributed by atoms with E-state index < -0.39 is 21.2 Å². The average molecular weight is 314 g/mol. The minimum absolute atomic E-state index is 0.0843. The van der Waals surface area contributed by atoms with E-state index in [4.69, 9.17) is 9.47 Å². The second-order valence-electron chi connectivity index (χ2n) is 5.74. The van der Waals surface area contributed by atoms with E-state index in [1.807, 2.05) is 0 Å². The molecule has 1 N–H and O–H groups in total. The van der Waals surface area contributed by atoms with Gasteiger partial charge in [0.25, 0.3) is 0 Å². The van der Waals surface area contributed by atoms with E-state index in [9.17, 15) is 18.3 Å². The number of hydrogen-bond donors (Lipinski definition) is 1. The van der Waals surface area contributed by atoms with Crippen molar-refractivity contribution in [3.8, 4) is 11.5 Å². The highest BCUT2D eigenvalue weighted by Gasteiger charge is 2.31. The minimum Gasteiger partial charge on any atom is -0.486 e. The maximum Gasteiger partial charge on any atom is 0.309 e. The van der Waals surface area contributed by atoms with E-state index in [-0.39, 0.29) is 11.3 Å². The first-order valence-electron chi connectivity index (χ1n) is 6.47. The third-order valence-electron chi connectivity index (χ3n) is 3.34. The molecule has 0 bridgehead atoms. The summed E-state index contributed by atoms with van der Waals surface area (Å²) >= 11 is 0. The molecule has 0 spiro atoms. The molecule has 1 heterocycles. The van der Waals surface area contributed by atoms with Crippen LogP contribution in [0.25, 0.3) is 0 Å². The molecule has 1 aliphatic heterocycles. The number of sulfone groups is 1. The van der Waals surface area contributed by atoms with Crippen LogP contribution in [0.15, 0.2) is 17.0 Å². The molecule has 0 unspecified atom stereocenters. The fraction of sp³-hybridized carbons (Fsp3) is 0.500. The standard InChI is InChI=1S/C14H18O6S/c1-14(2,13(15)16)8-9-6-10-11(20-5-4-19-10)7-12(9)21(3,17)18/h6-7H,4-5,8H2,1-3H3,(H,15,16). The van der Waals surface area contributed by atoms with Crippen molar-refractivity contribution in [3.63, 3.8) is 0 Å². The van der Waals surface area contributed by atoms with Gasteiger partial charge < -0.3 is 14.6 Å². The SMILES string of the molecule is CC(C)(Cc1cc2c(cc1S(C)(=O)=O)OCCO2)C(=O)O. The highest BCUT2D eigenvalue weighted by Crippen LogP contribution is 2.37. The Bertz CT molecular complexity index is 675. The maximum atomic E-state index is 12.0. The Morgan fingerprint density at radius 1 is 1.24 bits per heavy atom. The quantitative estimate of drug-likeness (QED) is 0.906. The summed E-state index contributed by atoms with van der Waals surface area (Å²) in [6, 6.07) is 2.98. The van der Waals surface area contributed by atoms with Crippen molar-refractivity contribution >= 4 is 15.8 Å². The van der Waals surface area contributed by atoms with E-state index >= 15 is 0 Å². The monoisotopic (exact) mass is 314 g/mol. The summed E-state index contributed by atoms with van der Waals surface area (Å²) in [7, 11) is -3.49. The second kappa shape index (κ2) is 5.22. The fourth-order valence-electron chi connectivity index (χ4n) is 2.15. The van der Waals surface area contributed by atoms with Crippen molar-refractivity contribution in [2.24, 2.45) is 5.41 Å². The molecule has 1 aromatic carbocycles. The molecular weight excluding hydrogens is 296 g/mol. The van der Waals surface area contributed by atoms with Gasteiger partial charge in [0.15, 0.2) is 21.3 Å². The lowest BCUT2D eigenvalue weighted by Gasteiger charge is -2.24. The van der Waals surface area contributed by atoms with Gasteiger partial charge in [-0.2, -0.15) is 0 Å². The molecule has 2 rings (SSSR count). The molecule has 1 aromatic rings. The summed E-state index contributed by atoms with van der Waals surface area (Å²) in [5, 5.41) is 9.23. The number of fused-ring (bicyclic) bond motifs is 1. The van der Waals surface area contributed by atoms with Crippen LogP contribution in [-0.4, -0.2) is 39.0 Å². The van der Waals surface area contributed by atoms with Crippen molar-refractivity contribution in [1.82, 2.24) is 0 Å². The number of rotatable bonds is 4. The van der Waals surface area contributed by atoms with Gasteiger partial charge in [-0.1, -0.05) is 0 Å². The molecule has 0 fully saturated rings. The lowest BCUT2D eigenvalue weighted by molar-refractivity contribution is -0.146. The zero-order valence-electron chi connectivity index (χ0n) is 12.2. The van der Waals surface area contributed by atoms with Crippen LogP contribution in [0.5, 0.6) is 11.5 Å². The van der Waals surface area contributed by atoms with Crippen LogP contribution in [0.1, 0.15) is 19.4 Å². The molecule has 0 saturated heterocycles. The van der Waals surface area contributed by atoms with E-state index in [2.05, 4.69) is 0 Å². The molecule has 116 valence electrons. The molecule has 1 aliphatic rings. The molecule has 0 radical (unpaired) electrons. The van der Waals surface area contributed by atoms with Crippen molar-refractivity contribution in [2.75, 3.05) is 19.5 Å². The van der Waals surface area contributed by atoms with Crippen molar-refractivity contribution < 1.29 is 27.8 Å². The Kier molecular flexibility index (Phi) is 3.88. The topological polar surface area (TPSA) is 89.9 Å². The first kappa shape index (κ1) is 15.6. The normalized spacial score (nSPS) is 14.8. The van der Waals surface area contributed by atoms with Crippen molar-refractivity contribution in [1.29, 1.82) is 0 Å². The van der Waals surface area contributed by atoms with Gasteiger partial charge >= 0.3 is 5.97 Å². The van der Waals surface area contributed by atoms with Gasteiger partial charge in [-0.3, -0.25) is 4.79 Å². The lowest BCUT2D eigenvalue weighted by atomic mass is 9.86. The molecule has 0 saturated carbocycles. The average Bonchev–Trinajstić information content (AvgIpc) is 2.36. The van der Waals surface area contributed by atoms with Crippen LogP contribution >= 0.6 is 0 Å². The smallest absolute Gasteiger partial charge is 0.309 e. The van der Waals surface area contributed by atoms with E-state index in [1.165, 1.54) is 6.07 Å². The molecule has 0 aromatic heterocycles. The van der Waals surface area contributed by atoms with Crippen LogP contribution in [0.2, 0.25) is 0 Å². The first-order chi connectivity index (χ1) is 9.61. The second-order valence-corrected chi connectivity index (χ2v) is 7.73. The number of ether oxygens (including phenoxy) is 2. The molecule has 6 nitrogen and oxygen atoms in total. The number of carboxylic acid groups (broad SMARTS) is 1. The third-order valence-corrected chi connectivity index (χ3v) is 4.52. The Labute approximate surface area is 123 Å². The molecular formula is C14H18O6S. The van der Waals surface area contributed by atoms with Gasteiger partial charge in [-0.25, -0.2) is 8.42 Å². The number of carbonyl (C=O) groups is 1. The Morgan fingerprint density at radius 3 is 2.24 bits per heavy atom. The highest BCUT2D eigenvalue weighted by atomic mass is 32.2. The summed E-state index contributed by atoms with van der Waals surface area (Å²) in [5.74, 6) is -0.166. The van der Waals surface area contributed by atoms with E-state index in [1.54, 1.807) is 19.9 Å². The predicted octanol–water partition coefficient (Wildman–Crippen LogP) is 1.51. The fourth-order valence-corrected chi connectivity index (χ4v) is 3.08. The number of aliphatic carboxylic acids is 1. The summed E-state index contributed by atoms with van der Waals surface area (Å²) in [4.78, 5) is 11.4. The van der Waals surface area contributed by atoms with E-state index in [0.29, 0.717) is 30.3 Å². The molecule has 7 heteroatoms. The van der Waals surface area contributed by atoms with Gasteiger partial charge in [-0.05, 0) is 31.9 Å². The predicted molar refractivity (Wildman–Crippen MR) is 75.7 cm³/mol. The molecule has 21 heavy (non-hydrogen) atoms. The summed E-state index contributed by atoms with van der Waals surface area (Å²) in [6.07, 6.45) is 1.18. The Hall–Kier alpha value is -1.76. The zero-order valence-corrected chi connectivity index (χ0v) is 13.0. The van der Waals surface area contributed by atoms with E-state index in [0.717, 1.165) is 6.26 Å². The molecule has 0 aliphatic carbocycles. The summed E-state index contributed by atoms with van der Waals surface area (Å²) < 4.78 is 34.7. The van der Waals surface area contributed by atoms with Crippen LogP contribution in [0.3, 0.4) is 0 Å². The minimum atomic E-state index is -3.49. The number of carboxylic acids is 1. The van der Waals surface area contributed by atoms with Gasteiger partial charge in [-0.15, -0.1) is 0 Å². The van der Waals surface area contributed by atoms with Crippen LogP contribution in [0, 0.1) is 5.41 Å². The van der Waals surface area contributed by atoms with Crippen LogP contribution in [0.4, 0.5) is 0 Å². The van der Waals surface area contributed by atoms with Crippen LogP contribution < -0.4 is 9.47 Å². The molecule has 0 amide bonds. The zero-order chi connectivity index (χ0) is 15.8. The Balaban J connectivity index is 2.55. The van der Waals surface area contributed by atoms with Gasteiger partial charge in [0.1, 0.15) is 13.2 Å². The van der Waals surface area contributed by atoms with Gasteiger partial charge in [0.2, 0.25) is 0 Å². The summed E-state index contributed by atoms with van der Waals surface area (Å²) in [6.45, 7) is 3.85. The van der Waals surface area contributed by atoms with Crippen molar-refractivity contribution in [3.05, 3.63) is 17.7 Å². The lowest BCUT2D eigenvalue weighted by Crippen LogP contribution is -2.27. The summed E-state index contributed by atoms with van der Waals surface area (Å²) in [5.41, 5.74) is -0.655. The van der Waals surface area contributed by atoms with Crippen molar-refractivity contribution in [2.45, 2.75) is 25.2 Å². The number of hydrogen-bond acceptors (Lipinski definition) is 5. The first-order valence-corrected chi connectivity index (χ1v) is 8.36. The Morgan fingerprint density at radius 2 is 1.76 bits per heavy atom.